The van der Waals surface area contributed by atoms with Gasteiger partial charge in [0, 0.05) is 29.2 Å². The Morgan fingerprint density at radius 1 is 0.941 bits per heavy atom. The number of aromatic amines is 1. The van der Waals surface area contributed by atoms with Gasteiger partial charge in [-0.3, -0.25) is 4.79 Å². The Morgan fingerprint density at radius 3 is 2.41 bits per heavy atom. The molecule has 0 saturated heterocycles. The number of nitrogens with one attached hydrogen (secondary N) is 4. The average molecular weight is 454 g/mol. The fourth-order valence-electron chi connectivity index (χ4n) is 3.54. The molecule has 4 rings (SSSR count). The van der Waals surface area contributed by atoms with Crippen molar-refractivity contribution in [3.63, 3.8) is 0 Å². The molecule has 1 heterocycles. The first-order chi connectivity index (χ1) is 16.6. The van der Waals surface area contributed by atoms with E-state index in [0.29, 0.717) is 17.2 Å². The zero-order valence-corrected chi connectivity index (χ0v) is 18.2. The maximum atomic E-state index is 12.7. The number of benzene rings is 3. The van der Waals surface area contributed by atoms with Gasteiger partial charge in [0.2, 0.25) is 5.91 Å². The van der Waals surface area contributed by atoms with Gasteiger partial charge in [-0.05, 0) is 48.0 Å². The Kier molecular flexibility index (Phi) is 7.06. The quantitative estimate of drug-likeness (QED) is 0.297. The number of nitriles is 1. The van der Waals surface area contributed by atoms with Gasteiger partial charge in [0.05, 0.1) is 6.07 Å². The summed E-state index contributed by atoms with van der Waals surface area (Å²) >= 11 is 0. The molecule has 34 heavy (non-hydrogen) atoms. The summed E-state index contributed by atoms with van der Waals surface area (Å²) in [7, 11) is 0. The number of fused-ring (bicyclic) bond motifs is 1. The Morgan fingerprint density at radius 2 is 1.65 bits per heavy atom. The molecule has 0 aliphatic heterocycles. The maximum Gasteiger partial charge on any atom is 0.319 e. The van der Waals surface area contributed by atoms with Crippen LogP contribution in [-0.2, 0) is 11.2 Å². The Balaban J connectivity index is 1.41. The normalized spacial score (nSPS) is 11.3. The second-order valence-electron chi connectivity index (χ2n) is 7.53. The summed E-state index contributed by atoms with van der Waals surface area (Å²) in [5.74, 6) is 0.906. The molecule has 0 saturated carbocycles. The highest BCUT2D eigenvalue weighted by Gasteiger charge is 2.22. The van der Waals surface area contributed by atoms with Crippen LogP contribution in [0, 0.1) is 11.3 Å². The van der Waals surface area contributed by atoms with Gasteiger partial charge >= 0.3 is 6.03 Å². The predicted octanol–water partition coefficient (Wildman–Crippen LogP) is 4.33. The van der Waals surface area contributed by atoms with Gasteiger partial charge in [-0.2, -0.15) is 5.26 Å². The molecule has 1 atom stereocenters. The van der Waals surface area contributed by atoms with Crippen molar-refractivity contribution >= 4 is 28.5 Å². The molecule has 8 nitrogen and oxygen atoms in total. The number of para-hydroxylation sites is 2. The van der Waals surface area contributed by atoms with E-state index < -0.39 is 18.0 Å². The number of urea groups is 1. The molecule has 3 aromatic carbocycles. The van der Waals surface area contributed by atoms with Crippen LogP contribution >= 0.6 is 0 Å². The van der Waals surface area contributed by atoms with Gasteiger partial charge in [0.1, 0.15) is 24.1 Å². The lowest BCUT2D eigenvalue weighted by atomic mass is 10.0. The number of amides is 3. The molecule has 1 unspecified atom stereocenters. The van der Waals surface area contributed by atoms with E-state index in [9.17, 15) is 9.59 Å². The zero-order chi connectivity index (χ0) is 23.8. The predicted molar refractivity (Wildman–Crippen MR) is 130 cm³/mol. The minimum absolute atomic E-state index is 0.143. The molecule has 4 aromatic rings. The van der Waals surface area contributed by atoms with Gasteiger partial charge < -0.3 is 25.7 Å². The van der Waals surface area contributed by atoms with Crippen molar-refractivity contribution in [2.45, 2.75) is 12.5 Å². The topological polar surface area (TPSA) is 119 Å². The van der Waals surface area contributed by atoms with E-state index in [0.717, 1.165) is 16.5 Å². The summed E-state index contributed by atoms with van der Waals surface area (Å²) in [6.45, 7) is -0.143. The third kappa shape index (κ3) is 5.72. The summed E-state index contributed by atoms with van der Waals surface area (Å²) in [6.07, 6.45) is 2.08. The van der Waals surface area contributed by atoms with Crippen LogP contribution in [0.4, 0.5) is 10.5 Å². The molecule has 0 aliphatic rings. The Labute approximate surface area is 196 Å². The van der Waals surface area contributed by atoms with Crippen molar-refractivity contribution < 1.29 is 14.3 Å². The largest absolute Gasteiger partial charge is 0.457 e. The van der Waals surface area contributed by atoms with Crippen LogP contribution < -0.4 is 20.7 Å². The number of carbonyl (C=O) groups is 2. The highest BCUT2D eigenvalue weighted by atomic mass is 16.5. The molecule has 0 spiro atoms. The first-order valence-electron chi connectivity index (χ1n) is 10.7. The van der Waals surface area contributed by atoms with Crippen LogP contribution in [0.3, 0.4) is 0 Å². The molecular formula is C26H23N5O3. The van der Waals surface area contributed by atoms with E-state index in [4.69, 9.17) is 10.00 Å². The molecule has 8 heteroatoms. The fraction of sp³-hybridized carbons (Fsp3) is 0.115. The smallest absolute Gasteiger partial charge is 0.319 e. The van der Waals surface area contributed by atoms with Crippen molar-refractivity contribution in [1.82, 2.24) is 15.6 Å². The Bertz CT molecular complexity index is 1310. The number of hydrogen-bond donors (Lipinski definition) is 4. The van der Waals surface area contributed by atoms with E-state index in [-0.39, 0.29) is 13.0 Å². The Hall–Kier alpha value is -4.77. The van der Waals surface area contributed by atoms with E-state index in [1.54, 1.807) is 24.3 Å². The van der Waals surface area contributed by atoms with Gasteiger partial charge in [0.15, 0.2) is 0 Å². The van der Waals surface area contributed by atoms with Crippen molar-refractivity contribution in [3.05, 3.63) is 90.6 Å². The van der Waals surface area contributed by atoms with Crippen LogP contribution in [0.25, 0.3) is 10.9 Å². The van der Waals surface area contributed by atoms with Crippen molar-refractivity contribution in [2.75, 3.05) is 11.9 Å². The van der Waals surface area contributed by atoms with Crippen LogP contribution in [0.15, 0.2) is 85.1 Å². The minimum atomic E-state index is -0.867. The molecule has 1 aromatic heterocycles. The summed E-state index contributed by atoms with van der Waals surface area (Å²) in [6, 6.07) is 24.5. The SMILES string of the molecule is N#CCNC(=O)C(Cc1c[nH]c2ccccc12)NC(=O)Nc1ccc(Oc2ccccc2)cc1. The third-order valence-corrected chi connectivity index (χ3v) is 5.15. The highest BCUT2D eigenvalue weighted by molar-refractivity contribution is 5.94. The number of anilines is 1. The number of carbonyl (C=O) groups excluding carboxylic acids is 2. The number of H-pyrrole nitrogens is 1. The van der Waals surface area contributed by atoms with Gasteiger partial charge in [-0.25, -0.2) is 4.79 Å². The molecule has 0 bridgehead atoms. The number of aromatic nitrogens is 1. The third-order valence-electron chi connectivity index (χ3n) is 5.15. The van der Waals surface area contributed by atoms with E-state index in [1.165, 1.54) is 0 Å². The molecular weight excluding hydrogens is 430 g/mol. The first kappa shape index (κ1) is 22.4. The lowest BCUT2D eigenvalue weighted by Crippen LogP contribution is -2.49. The standard InChI is InChI=1S/C26H23N5O3/c27-14-15-28-25(32)24(16-18-17-29-23-9-5-4-8-22(18)23)31-26(33)30-19-10-12-21(13-11-19)34-20-6-2-1-3-7-20/h1-13,17,24,29H,15-16H2,(H,28,32)(H2,30,31,33). The second kappa shape index (κ2) is 10.7. The number of hydrogen-bond acceptors (Lipinski definition) is 4. The number of ether oxygens (including phenoxy) is 1. The summed E-state index contributed by atoms with van der Waals surface area (Å²) in [5.41, 5.74) is 2.37. The fourth-order valence-corrected chi connectivity index (χ4v) is 3.54. The van der Waals surface area contributed by atoms with Crippen LogP contribution in [0.2, 0.25) is 0 Å². The molecule has 0 fully saturated rings. The summed E-state index contributed by atoms with van der Waals surface area (Å²) in [5, 5.41) is 17.7. The van der Waals surface area contributed by atoms with Gasteiger partial charge in [0.25, 0.3) is 0 Å². The van der Waals surface area contributed by atoms with Crippen molar-refractivity contribution in [2.24, 2.45) is 0 Å². The molecule has 4 N–H and O–H groups in total. The zero-order valence-electron chi connectivity index (χ0n) is 18.2. The molecule has 170 valence electrons. The van der Waals surface area contributed by atoms with Crippen molar-refractivity contribution in [3.8, 4) is 17.6 Å². The van der Waals surface area contributed by atoms with E-state index in [2.05, 4.69) is 20.9 Å². The number of rotatable bonds is 8. The van der Waals surface area contributed by atoms with Gasteiger partial charge in [-0.1, -0.05) is 36.4 Å². The van der Waals surface area contributed by atoms with Gasteiger partial charge in [-0.15, -0.1) is 0 Å². The van der Waals surface area contributed by atoms with E-state index >= 15 is 0 Å². The van der Waals surface area contributed by atoms with E-state index in [1.807, 2.05) is 66.9 Å². The first-order valence-corrected chi connectivity index (χ1v) is 10.7. The molecule has 0 radical (unpaired) electrons. The minimum Gasteiger partial charge on any atom is -0.457 e. The lowest BCUT2D eigenvalue weighted by molar-refractivity contribution is -0.122. The summed E-state index contributed by atoms with van der Waals surface area (Å²) < 4.78 is 5.76. The van der Waals surface area contributed by atoms with Crippen LogP contribution in [-0.4, -0.2) is 29.5 Å². The second-order valence-corrected chi connectivity index (χ2v) is 7.53. The monoisotopic (exact) mass is 453 g/mol. The van der Waals surface area contributed by atoms with Crippen LogP contribution in [0.5, 0.6) is 11.5 Å². The molecule has 0 aliphatic carbocycles. The van der Waals surface area contributed by atoms with Crippen LogP contribution in [0.1, 0.15) is 5.56 Å². The maximum absolute atomic E-state index is 12.7. The molecule has 3 amide bonds. The average Bonchev–Trinajstić information content (AvgIpc) is 3.27. The summed E-state index contributed by atoms with van der Waals surface area (Å²) in [4.78, 5) is 28.5. The van der Waals surface area contributed by atoms with Crippen molar-refractivity contribution in [1.29, 1.82) is 5.26 Å². The lowest BCUT2D eigenvalue weighted by Gasteiger charge is -2.18. The number of nitrogens with zero attached hydrogens (tertiary/aromatic N) is 1. The highest BCUT2D eigenvalue weighted by Crippen LogP contribution is 2.23.